The lowest BCUT2D eigenvalue weighted by atomic mass is 9.73. The Labute approximate surface area is 150 Å². The molecule has 0 bridgehead atoms. The number of rotatable bonds is 6. The predicted octanol–water partition coefficient (Wildman–Crippen LogP) is 1.56. The van der Waals surface area contributed by atoms with Crippen LogP contribution in [0.2, 0.25) is 0 Å². The predicted molar refractivity (Wildman–Crippen MR) is 95.1 cm³/mol. The van der Waals surface area contributed by atoms with Crippen LogP contribution in [0, 0.1) is 5.41 Å². The van der Waals surface area contributed by atoms with Crippen molar-refractivity contribution in [2.24, 2.45) is 5.41 Å². The number of carbonyl (C=O) groups is 1. The molecule has 2 aliphatic heterocycles. The lowest BCUT2D eigenvalue weighted by Gasteiger charge is -2.50. The molecular formula is C19H29N3O3. The summed E-state index contributed by atoms with van der Waals surface area (Å²) in [7, 11) is 3.87. The first-order chi connectivity index (χ1) is 12.1. The summed E-state index contributed by atoms with van der Waals surface area (Å²) in [6.07, 6.45) is 6.75. The molecule has 0 spiro atoms. The molecule has 0 aromatic carbocycles. The van der Waals surface area contributed by atoms with Crippen LogP contribution in [0.15, 0.2) is 24.5 Å². The molecule has 0 unspecified atom stereocenters. The summed E-state index contributed by atoms with van der Waals surface area (Å²) in [5.41, 5.74) is 1.04. The molecule has 2 atom stereocenters. The molecule has 25 heavy (non-hydrogen) atoms. The number of likely N-dealkylation sites (tertiary alicyclic amines) is 1. The lowest BCUT2D eigenvalue weighted by molar-refractivity contribution is -0.166. The van der Waals surface area contributed by atoms with Gasteiger partial charge in [-0.25, -0.2) is 0 Å². The fourth-order valence-electron chi connectivity index (χ4n) is 3.94. The number of carbonyl (C=O) groups excluding carboxylic acids is 1. The van der Waals surface area contributed by atoms with Gasteiger partial charge in [0.05, 0.1) is 25.9 Å². The number of ether oxygens (including phenoxy) is 2. The van der Waals surface area contributed by atoms with Gasteiger partial charge in [-0.05, 0) is 51.1 Å². The van der Waals surface area contributed by atoms with Crippen LogP contribution in [0.25, 0.3) is 0 Å². The molecule has 6 nitrogen and oxygen atoms in total. The highest BCUT2D eigenvalue weighted by molar-refractivity contribution is 5.78. The van der Waals surface area contributed by atoms with E-state index < -0.39 is 0 Å². The highest BCUT2D eigenvalue weighted by Gasteiger charge is 2.47. The van der Waals surface area contributed by atoms with Gasteiger partial charge in [0.2, 0.25) is 5.91 Å². The number of piperidine rings is 1. The average molecular weight is 347 g/mol. The highest BCUT2D eigenvalue weighted by atomic mass is 16.5. The summed E-state index contributed by atoms with van der Waals surface area (Å²) in [5, 5.41) is 0. The second-order valence-electron chi connectivity index (χ2n) is 7.52. The van der Waals surface area contributed by atoms with Crippen molar-refractivity contribution in [2.75, 3.05) is 46.9 Å². The van der Waals surface area contributed by atoms with Gasteiger partial charge in [0.1, 0.15) is 0 Å². The zero-order valence-corrected chi connectivity index (χ0v) is 15.3. The number of likely N-dealkylation sites (N-methyl/N-ethyl adjacent to an activating group) is 1. The second-order valence-corrected chi connectivity index (χ2v) is 7.52. The molecule has 0 saturated carbocycles. The number of hydrogen-bond acceptors (Lipinski definition) is 5. The smallest absolute Gasteiger partial charge is 0.236 e. The Morgan fingerprint density at radius 3 is 3.00 bits per heavy atom. The van der Waals surface area contributed by atoms with Gasteiger partial charge in [0.25, 0.3) is 0 Å². The molecule has 0 aliphatic carbocycles. The zero-order valence-electron chi connectivity index (χ0n) is 15.3. The average Bonchev–Trinajstić information content (AvgIpc) is 2.61. The summed E-state index contributed by atoms with van der Waals surface area (Å²) in [6.45, 7) is 4.00. The maximum atomic E-state index is 12.5. The molecule has 3 rings (SSSR count). The van der Waals surface area contributed by atoms with Crippen molar-refractivity contribution in [3.8, 4) is 0 Å². The third kappa shape index (κ3) is 4.57. The summed E-state index contributed by atoms with van der Waals surface area (Å²) in [6, 6.07) is 3.95. The van der Waals surface area contributed by atoms with Gasteiger partial charge in [0, 0.05) is 37.5 Å². The number of fused-ring (bicyclic) bond motifs is 1. The van der Waals surface area contributed by atoms with Crippen molar-refractivity contribution in [3.05, 3.63) is 30.1 Å². The van der Waals surface area contributed by atoms with Gasteiger partial charge >= 0.3 is 0 Å². The number of pyridine rings is 1. The van der Waals surface area contributed by atoms with Crippen molar-refractivity contribution in [3.63, 3.8) is 0 Å². The van der Waals surface area contributed by atoms with Crippen LogP contribution in [-0.2, 0) is 20.9 Å². The van der Waals surface area contributed by atoms with E-state index in [4.69, 9.17) is 9.47 Å². The minimum absolute atomic E-state index is 0.0779. The zero-order chi connectivity index (χ0) is 17.7. The van der Waals surface area contributed by atoms with Gasteiger partial charge in [0.15, 0.2) is 0 Å². The highest BCUT2D eigenvalue weighted by Crippen LogP contribution is 2.40. The maximum absolute atomic E-state index is 12.5. The Morgan fingerprint density at radius 1 is 1.44 bits per heavy atom. The van der Waals surface area contributed by atoms with E-state index in [1.54, 1.807) is 12.4 Å². The molecule has 0 N–H and O–H groups in total. The van der Waals surface area contributed by atoms with Gasteiger partial charge in [-0.2, -0.15) is 0 Å². The molecule has 3 heterocycles. The maximum Gasteiger partial charge on any atom is 0.236 e. The van der Waals surface area contributed by atoms with Gasteiger partial charge in [-0.15, -0.1) is 0 Å². The van der Waals surface area contributed by atoms with Crippen molar-refractivity contribution in [1.29, 1.82) is 0 Å². The number of nitrogens with zero attached hydrogens (tertiary/aromatic N) is 3. The first kappa shape index (κ1) is 18.3. The SMILES string of the molecule is CN(C)CC(=O)N1CC[C@H]2OCCC[C@]2(COCc2ccncc2)C1. The molecule has 0 radical (unpaired) electrons. The number of aromatic nitrogens is 1. The minimum atomic E-state index is -0.0779. The van der Waals surface area contributed by atoms with E-state index in [1.807, 2.05) is 36.0 Å². The summed E-state index contributed by atoms with van der Waals surface area (Å²) >= 11 is 0. The van der Waals surface area contributed by atoms with Gasteiger partial charge < -0.3 is 19.3 Å². The van der Waals surface area contributed by atoms with E-state index in [0.29, 0.717) is 19.8 Å². The monoisotopic (exact) mass is 347 g/mol. The van der Waals surface area contributed by atoms with Crippen molar-refractivity contribution in [2.45, 2.75) is 32.0 Å². The minimum Gasteiger partial charge on any atom is -0.377 e. The van der Waals surface area contributed by atoms with Crippen LogP contribution < -0.4 is 0 Å². The van der Waals surface area contributed by atoms with E-state index in [2.05, 4.69) is 4.98 Å². The summed E-state index contributed by atoms with van der Waals surface area (Å²) in [4.78, 5) is 20.5. The fraction of sp³-hybridized carbons (Fsp3) is 0.684. The Balaban J connectivity index is 1.63. The normalized spacial score (nSPS) is 26.5. The topological polar surface area (TPSA) is 54.9 Å². The van der Waals surface area contributed by atoms with Gasteiger partial charge in [-0.3, -0.25) is 9.78 Å². The Hall–Kier alpha value is -1.50. The van der Waals surface area contributed by atoms with Crippen LogP contribution in [0.1, 0.15) is 24.8 Å². The lowest BCUT2D eigenvalue weighted by Crippen LogP contribution is -2.58. The molecule has 2 saturated heterocycles. The molecule has 1 aromatic rings. The van der Waals surface area contributed by atoms with Crippen LogP contribution in [0.4, 0.5) is 0 Å². The Bertz CT molecular complexity index is 566. The van der Waals surface area contributed by atoms with Crippen molar-refractivity contribution < 1.29 is 14.3 Å². The molecule has 2 aliphatic rings. The summed E-state index contributed by atoms with van der Waals surface area (Å²) < 4.78 is 12.1. The molecule has 6 heteroatoms. The molecule has 138 valence electrons. The van der Waals surface area contributed by atoms with Crippen LogP contribution in [-0.4, -0.2) is 73.7 Å². The van der Waals surface area contributed by atoms with E-state index in [9.17, 15) is 4.79 Å². The first-order valence-corrected chi connectivity index (χ1v) is 9.10. The van der Waals surface area contributed by atoms with Crippen LogP contribution in [0.5, 0.6) is 0 Å². The molecule has 1 aromatic heterocycles. The standard InChI is InChI=1S/C19H29N3O3/c1-21(2)12-18(23)22-10-6-17-19(14-22,7-3-11-25-17)15-24-13-16-4-8-20-9-5-16/h4-5,8-9,17H,3,6-7,10-15H2,1-2H3/t17-,19-/m1/s1. The Kier molecular flexibility index (Phi) is 6.04. The molecule has 2 fully saturated rings. The van der Waals surface area contributed by atoms with E-state index in [-0.39, 0.29) is 17.4 Å². The van der Waals surface area contributed by atoms with Crippen molar-refractivity contribution in [1.82, 2.24) is 14.8 Å². The summed E-state index contributed by atoms with van der Waals surface area (Å²) in [5.74, 6) is 0.197. The van der Waals surface area contributed by atoms with E-state index >= 15 is 0 Å². The van der Waals surface area contributed by atoms with Crippen molar-refractivity contribution >= 4 is 5.91 Å². The van der Waals surface area contributed by atoms with Crippen LogP contribution in [0.3, 0.4) is 0 Å². The van der Waals surface area contributed by atoms with E-state index in [1.165, 1.54) is 0 Å². The largest absolute Gasteiger partial charge is 0.377 e. The second kappa shape index (κ2) is 8.25. The van der Waals surface area contributed by atoms with Crippen LogP contribution >= 0.6 is 0 Å². The number of hydrogen-bond donors (Lipinski definition) is 0. The Morgan fingerprint density at radius 2 is 2.24 bits per heavy atom. The first-order valence-electron chi connectivity index (χ1n) is 9.10. The van der Waals surface area contributed by atoms with E-state index in [0.717, 1.165) is 44.5 Å². The third-order valence-corrected chi connectivity index (χ3v) is 5.20. The molecular weight excluding hydrogens is 318 g/mol. The number of amides is 1. The third-order valence-electron chi connectivity index (χ3n) is 5.20. The quantitative estimate of drug-likeness (QED) is 0.782. The van der Waals surface area contributed by atoms with Gasteiger partial charge in [-0.1, -0.05) is 0 Å². The fourth-order valence-corrected chi connectivity index (χ4v) is 3.94. The molecule has 1 amide bonds.